The van der Waals surface area contributed by atoms with Crippen LogP contribution < -0.4 is 10.5 Å². The van der Waals surface area contributed by atoms with E-state index >= 15 is 0 Å². The van der Waals surface area contributed by atoms with E-state index in [-0.39, 0.29) is 17.9 Å². The number of amides is 1. The molecule has 0 aliphatic heterocycles. The van der Waals surface area contributed by atoms with Crippen molar-refractivity contribution in [1.82, 2.24) is 4.90 Å². The fraction of sp³-hybridized carbons (Fsp3) is 0.355. The molecule has 5 heteroatoms. The van der Waals surface area contributed by atoms with E-state index in [1.165, 1.54) is 25.7 Å². The monoisotopic (exact) mass is 486 g/mol. The third-order valence-corrected chi connectivity index (χ3v) is 6.19. The number of nitrogens with two attached hydrogens (primary N) is 1. The lowest BCUT2D eigenvalue weighted by molar-refractivity contribution is 0.0920. The number of unbranched alkanes of at least 4 members (excludes halogenated alkanes) is 5. The first-order chi connectivity index (χ1) is 17.6. The maximum Gasteiger partial charge on any atom is 0.252 e. The summed E-state index contributed by atoms with van der Waals surface area (Å²) in [6.45, 7) is 4.24. The van der Waals surface area contributed by atoms with Crippen molar-refractivity contribution in [3.63, 3.8) is 0 Å². The summed E-state index contributed by atoms with van der Waals surface area (Å²) in [6.07, 6.45) is 6.94. The van der Waals surface area contributed by atoms with Crippen LogP contribution in [0.4, 0.5) is 0 Å². The molecule has 3 aromatic rings. The molecule has 36 heavy (non-hydrogen) atoms. The Labute approximate surface area is 215 Å². The number of carbonyl (C=O) groups is 2. The zero-order valence-corrected chi connectivity index (χ0v) is 21.3. The van der Waals surface area contributed by atoms with Crippen molar-refractivity contribution in [2.24, 2.45) is 5.73 Å². The predicted molar refractivity (Wildman–Crippen MR) is 145 cm³/mol. The number of carbonyl (C=O) groups excluding carboxylic acids is 2. The number of Topliss-reactive ketones (excluding diaryl/α,β-unsaturated/α-hetero) is 1. The molecular formula is C31H38N2O3. The van der Waals surface area contributed by atoms with Crippen LogP contribution >= 0.6 is 0 Å². The van der Waals surface area contributed by atoms with Gasteiger partial charge in [-0.2, -0.15) is 0 Å². The van der Waals surface area contributed by atoms with Gasteiger partial charge in [0.25, 0.3) is 5.91 Å². The highest BCUT2D eigenvalue weighted by atomic mass is 16.5. The van der Waals surface area contributed by atoms with E-state index in [0.29, 0.717) is 31.0 Å². The Hall–Kier alpha value is -3.44. The molecule has 0 spiro atoms. The second kappa shape index (κ2) is 14.8. The van der Waals surface area contributed by atoms with Gasteiger partial charge >= 0.3 is 0 Å². The molecule has 0 fully saturated rings. The van der Waals surface area contributed by atoms with Gasteiger partial charge in [-0.15, -0.1) is 0 Å². The summed E-state index contributed by atoms with van der Waals surface area (Å²) in [5.41, 5.74) is 8.62. The lowest BCUT2D eigenvalue weighted by Crippen LogP contribution is -2.29. The Kier molecular flexibility index (Phi) is 11.2. The van der Waals surface area contributed by atoms with Crippen LogP contribution in [0.5, 0.6) is 5.75 Å². The highest BCUT2D eigenvalue weighted by Crippen LogP contribution is 2.22. The standard InChI is InChI=1S/C31H38N2O3/c1-2-3-4-5-6-13-20-36-30-19-18-27(21-28(30)31(32)35)29(34)24-33(22-25-14-9-7-10-15-25)23-26-16-11-8-12-17-26/h7-12,14-19,21H,2-6,13,20,22-24H2,1H3,(H2,32,35). The van der Waals surface area contributed by atoms with Gasteiger partial charge < -0.3 is 10.5 Å². The van der Waals surface area contributed by atoms with E-state index in [0.717, 1.165) is 24.0 Å². The second-order valence-corrected chi connectivity index (χ2v) is 9.23. The third-order valence-electron chi connectivity index (χ3n) is 6.19. The fourth-order valence-electron chi connectivity index (χ4n) is 4.23. The molecular weight excluding hydrogens is 448 g/mol. The Balaban J connectivity index is 1.66. The van der Waals surface area contributed by atoms with Gasteiger partial charge in [-0.1, -0.05) is 99.7 Å². The van der Waals surface area contributed by atoms with E-state index in [4.69, 9.17) is 10.5 Å². The molecule has 0 aromatic heterocycles. The molecule has 3 rings (SSSR count). The highest BCUT2D eigenvalue weighted by molar-refractivity contribution is 6.02. The smallest absolute Gasteiger partial charge is 0.252 e. The molecule has 0 unspecified atom stereocenters. The summed E-state index contributed by atoms with van der Waals surface area (Å²) in [6, 6.07) is 25.2. The molecule has 0 saturated heterocycles. The molecule has 0 radical (unpaired) electrons. The van der Waals surface area contributed by atoms with Crippen LogP contribution in [0.15, 0.2) is 78.9 Å². The second-order valence-electron chi connectivity index (χ2n) is 9.23. The number of ether oxygens (including phenoxy) is 1. The average Bonchev–Trinajstić information content (AvgIpc) is 2.89. The molecule has 190 valence electrons. The van der Waals surface area contributed by atoms with Gasteiger partial charge in [0.2, 0.25) is 0 Å². The van der Waals surface area contributed by atoms with Crippen LogP contribution in [-0.2, 0) is 13.1 Å². The Bertz CT molecular complexity index is 1040. The normalized spacial score (nSPS) is 10.9. The number of nitrogens with zero attached hydrogens (tertiary/aromatic N) is 1. The molecule has 0 heterocycles. The van der Waals surface area contributed by atoms with Gasteiger partial charge in [0.05, 0.1) is 18.7 Å². The van der Waals surface area contributed by atoms with Crippen LogP contribution in [0.3, 0.4) is 0 Å². The fourth-order valence-corrected chi connectivity index (χ4v) is 4.23. The molecule has 3 aromatic carbocycles. The van der Waals surface area contributed by atoms with Crippen LogP contribution in [0, 0.1) is 0 Å². The highest BCUT2D eigenvalue weighted by Gasteiger charge is 2.18. The van der Waals surface area contributed by atoms with Crippen molar-refractivity contribution in [3.05, 3.63) is 101 Å². The zero-order valence-electron chi connectivity index (χ0n) is 21.3. The van der Waals surface area contributed by atoms with Gasteiger partial charge in [-0.05, 0) is 35.7 Å². The van der Waals surface area contributed by atoms with Gasteiger partial charge in [-0.25, -0.2) is 0 Å². The maximum atomic E-state index is 13.3. The van der Waals surface area contributed by atoms with E-state index in [9.17, 15) is 9.59 Å². The van der Waals surface area contributed by atoms with Gasteiger partial charge in [0.15, 0.2) is 5.78 Å². The van der Waals surface area contributed by atoms with E-state index in [2.05, 4.69) is 36.1 Å². The minimum absolute atomic E-state index is 0.0631. The molecule has 5 nitrogen and oxygen atoms in total. The minimum Gasteiger partial charge on any atom is -0.493 e. The van der Waals surface area contributed by atoms with Crippen LogP contribution in [-0.4, -0.2) is 29.7 Å². The lowest BCUT2D eigenvalue weighted by Gasteiger charge is -2.22. The molecule has 2 N–H and O–H groups in total. The van der Waals surface area contributed by atoms with Crippen molar-refractivity contribution in [3.8, 4) is 5.75 Å². The number of benzene rings is 3. The predicted octanol–water partition coefficient (Wildman–Crippen LogP) is 6.41. The van der Waals surface area contributed by atoms with Crippen molar-refractivity contribution in [2.45, 2.75) is 58.5 Å². The van der Waals surface area contributed by atoms with Crippen molar-refractivity contribution >= 4 is 11.7 Å². The molecule has 0 bridgehead atoms. The van der Waals surface area contributed by atoms with Gasteiger partial charge in [-0.3, -0.25) is 14.5 Å². The van der Waals surface area contributed by atoms with Crippen LogP contribution in [0.2, 0.25) is 0 Å². The largest absolute Gasteiger partial charge is 0.493 e. The van der Waals surface area contributed by atoms with Gasteiger partial charge in [0.1, 0.15) is 5.75 Å². The number of ketones is 1. The SMILES string of the molecule is CCCCCCCCOc1ccc(C(=O)CN(Cc2ccccc2)Cc2ccccc2)cc1C(N)=O. The summed E-state index contributed by atoms with van der Waals surface area (Å²) in [4.78, 5) is 27.5. The topological polar surface area (TPSA) is 72.6 Å². The summed E-state index contributed by atoms with van der Waals surface area (Å²) < 4.78 is 5.86. The summed E-state index contributed by atoms with van der Waals surface area (Å²) in [5, 5.41) is 0. The molecule has 0 atom stereocenters. The molecule has 0 aliphatic carbocycles. The average molecular weight is 487 g/mol. The molecule has 1 amide bonds. The first-order valence-electron chi connectivity index (χ1n) is 13.0. The van der Waals surface area contributed by atoms with Crippen molar-refractivity contribution in [1.29, 1.82) is 0 Å². The first kappa shape index (κ1) is 27.2. The summed E-state index contributed by atoms with van der Waals surface area (Å²) >= 11 is 0. The van der Waals surface area contributed by atoms with Crippen LogP contribution in [0.1, 0.15) is 77.3 Å². The number of hydrogen-bond acceptors (Lipinski definition) is 4. The number of hydrogen-bond donors (Lipinski definition) is 1. The van der Waals surface area contributed by atoms with E-state index in [1.54, 1.807) is 18.2 Å². The van der Waals surface area contributed by atoms with Crippen molar-refractivity contribution in [2.75, 3.05) is 13.2 Å². The first-order valence-corrected chi connectivity index (χ1v) is 13.0. The van der Waals surface area contributed by atoms with E-state index < -0.39 is 5.91 Å². The number of rotatable bonds is 16. The maximum absolute atomic E-state index is 13.3. The number of primary amides is 1. The van der Waals surface area contributed by atoms with Gasteiger partial charge in [0, 0.05) is 18.7 Å². The van der Waals surface area contributed by atoms with Crippen molar-refractivity contribution < 1.29 is 14.3 Å². The summed E-state index contributed by atoms with van der Waals surface area (Å²) in [5.74, 6) is -0.210. The summed E-state index contributed by atoms with van der Waals surface area (Å²) in [7, 11) is 0. The quantitative estimate of drug-likeness (QED) is 0.188. The Morgan fingerprint density at radius 1 is 0.778 bits per heavy atom. The Morgan fingerprint density at radius 3 is 1.94 bits per heavy atom. The molecule has 0 aliphatic rings. The minimum atomic E-state index is -0.590. The Morgan fingerprint density at radius 2 is 1.36 bits per heavy atom. The van der Waals surface area contributed by atoms with Crippen LogP contribution in [0.25, 0.3) is 0 Å². The van der Waals surface area contributed by atoms with E-state index in [1.807, 2.05) is 36.4 Å². The molecule has 0 saturated carbocycles. The lowest BCUT2D eigenvalue weighted by atomic mass is 10.0. The third kappa shape index (κ3) is 8.97. The zero-order chi connectivity index (χ0) is 25.6.